The molecule has 1 amide bonds. The van der Waals surface area contributed by atoms with E-state index in [0.29, 0.717) is 12.5 Å². The molecular weight excluding hydrogens is 393 g/mol. The van der Waals surface area contributed by atoms with Crippen molar-refractivity contribution >= 4 is 11.9 Å². The lowest BCUT2D eigenvalue weighted by atomic mass is 9.88. The van der Waals surface area contributed by atoms with Gasteiger partial charge in [-0.05, 0) is 58.0 Å². The minimum Gasteiger partial charge on any atom is -0.357 e. The highest BCUT2D eigenvalue weighted by molar-refractivity contribution is 5.81. The van der Waals surface area contributed by atoms with Crippen molar-refractivity contribution in [3.8, 4) is 0 Å². The van der Waals surface area contributed by atoms with Gasteiger partial charge in [-0.3, -0.25) is 9.79 Å². The van der Waals surface area contributed by atoms with Gasteiger partial charge in [0.15, 0.2) is 5.96 Å². The molecule has 1 heterocycles. The average molecular weight is 432 g/mol. The highest BCUT2D eigenvalue weighted by Gasteiger charge is 2.31. The van der Waals surface area contributed by atoms with Crippen molar-refractivity contribution in [2.45, 2.75) is 57.5 Å². The summed E-state index contributed by atoms with van der Waals surface area (Å²) in [7, 11) is 4.02. The van der Waals surface area contributed by atoms with Crippen LogP contribution >= 0.6 is 0 Å². The van der Waals surface area contributed by atoms with E-state index in [1.807, 2.05) is 38.1 Å². The second-order valence-electron chi connectivity index (χ2n) is 9.00. The maximum atomic E-state index is 13.3. The van der Waals surface area contributed by atoms with Crippen LogP contribution < -0.4 is 10.6 Å². The van der Waals surface area contributed by atoms with Crippen molar-refractivity contribution in [2.24, 2.45) is 10.9 Å². The van der Waals surface area contributed by atoms with Gasteiger partial charge in [-0.25, -0.2) is 4.39 Å². The molecule has 2 N–H and O–H groups in total. The minimum absolute atomic E-state index is 0.0593. The molecule has 1 aliphatic heterocycles. The molecule has 2 aliphatic rings. The van der Waals surface area contributed by atoms with Gasteiger partial charge in [-0.15, -0.1) is 0 Å². The van der Waals surface area contributed by atoms with Crippen LogP contribution in [-0.4, -0.2) is 68.0 Å². The fraction of sp³-hybridized carbons (Fsp3) is 0.667. The topological polar surface area (TPSA) is 60.0 Å². The van der Waals surface area contributed by atoms with E-state index in [0.717, 1.165) is 50.4 Å². The van der Waals surface area contributed by atoms with Crippen LogP contribution in [0.2, 0.25) is 0 Å². The molecular formula is C24H38FN5O. The molecule has 1 saturated carbocycles. The van der Waals surface area contributed by atoms with Crippen molar-refractivity contribution in [3.05, 3.63) is 35.6 Å². The first-order chi connectivity index (χ1) is 15.0. The Bertz CT molecular complexity index is 730. The van der Waals surface area contributed by atoms with E-state index in [4.69, 9.17) is 4.99 Å². The first kappa shape index (κ1) is 23.5. The molecule has 2 atom stereocenters. The van der Waals surface area contributed by atoms with E-state index in [-0.39, 0.29) is 23.8 Å². The maximum absolute atomic E-state index is 13.3. The number of hydrogen-bond acceptors (Lipinski definition) is 3. The number of carbonyl (C=O) groups excluding carboxylic acids is 1. The van der Waals surface area contributed by atoms with E-state index in [2.05, 4.69) is 15.5 Å². The van der Waals surface area contributed by atoms with E-state index in [9.17, 15) is 9.18 Å². The lowest BCUT2D eigenvalue weighted by Gasteiger charge is -2.26. The summed E-state index contributed by atoms with van der Waals surface area (Å²) < 4.78 is 13.3. The monoisotopic (exact) mass is 431 g/mol. The van der Waals surface area contributed by atoms with Gasteiger partial charge in [0, 0.05) is 31.6 Å². The van der Waals surface area contributed by atoms with Crippen LogP contribution in [0, 0.1) is 11.7 Å². The first-order valence-corrected chi connectivity index (χ1v) is 11.7. The number of nitrogens with zero attached hydrogens (tertiary/aromatic N) is 3. The maximum Gasteiger partial charge on any atom is 0.225 e. The molecule has 1 aliphatic carbocycles. The highest BCUT2D eigenvalue weighted by Crippen LogP contribution is 2.27. The number of hydrogen-bond donors (Lipinski definition) is 2. The molecule has 2 unspecified atom stereocenters. The van der Waals surface area contributed by atoms with Crippen LogP contribution in [0.5, 0.6) is 0 Å². The van der Waals surface area contributed by atoms with Crippen LogP contribution in [0.1, 0.15) is 57.1 Å². The molecule has 0 aromatic heterocycles. The molecule has 3 rings (SSSR count). The number of benzene rings is 1. The van der Waals surface area contributed by atoms with E-state index in [1.54, 1.807) is 0 Å². The molecule has 31 heavy (non-hydrogen) atoms. The Balaban J connectivity index is 1.58. The molecule has 0 spiro atoms. The largest absolute Gasteiger partial charge is 0.357 e. The van der Waals surface area contributed by atoms with Crippen molar-refractivity contribution in [1.29, 1.82) is 0 Å². The lowest BCUT2D eigenvalue weighted by Crippen LogP contribution is -2.46. The number of nitrogens with one attached hydrogen (secondary N) is 2. The van der Waals surface area contributed by atoms with Gasteiger partial charge in [-0.2, -0.15) is 0 Å². The van der Waals surface area contributed by atoms with Crippen LogP contribution in [0.25, 0.3) is 0 Å². The summed E-state index contributed by atoms with van der Waals surface area (Å²) in [6.45, 7) is 4.95. The third-order valence-electron chi connectivity index (χ3n) is 6.44. The van der Waals surface area contributed by atoms with Gasteiger partial charge < -0.3 is 20.4 Å². The quantitative estimate of drug-likeness (QED) is 0.514. The second kappa shape index (κ2) is 11.5. The zero-order valence-corrected chi connectivity index (χ0v) is 19.2. The van der Waals surface area contributed by atoms with Crippen molar-refractivity contribution in [3.63, 3.8) is 0 Å². The highest BCUT2D eigenvalue weighted by atomic mass is 19.1. The fourth-order valence-electron chi connectivity index (χ4n) is 4.63. The second-order valence-corrected chi connectivity index (χ2v) is 9.00. The summed E-state index contributed by atoms with van der Waals surface area (Å²) >= 11 is 0. The molecule has 1 aromatic rings. The van der Waals surface area contributed by atoms with Crippen molar-refractivity contribution < 1.29 is 9.18 Å². The average Bonchev–Trinajstić information content (AvgIpc) is 3.23. The number of amides is 1. The summed E-state index contributed by atoms with van der Waals surface area (Å²) in [5.41, 5.74) is 1.04. The zero-order valence-electron chi connectivity index (χ0n) is 19.2. The number of carbonyl (C=O) groups is 1. The molecule has 1 saturated heterocycles. The number of aliphatic imine (C=N–C) groups is 1. The summed E-state index contributed by atoms with van der Waals surface area (Å²) in [6, 6.07) is 6.91. The first-order valence-electron chi connectivity index (χ1n) is 11.7. The van der Waals surface area contributed by atoms with Gasteiger partial charge in [0.05, 0.1) is 12.6 Å². The molecule has 2 fully saturated rings. The summed E-state index contributed by atoms with van der Waals surface area (Å²) in [5.74, 6) is 1.11. The van der Waals surface area contributed by atoms with Gasteiger partial charge in [-0.1, -0.05) is 31.4 Å². The van der Waals surface area contributed by atoms with Crippen LogP contribution in [0.4, 0.5) is 4.39 Å². The summed E-state index contributed by atoms with van der Waals surface area (Å²) in [6.07, 6.45) is 6.68. The Hall–Kier alpha value is -2.15. The molecule has 6 nitrogen and oxygen atoms in total. The zero-order chi connectivity index (χ0) is 22.2. The smallest absolute Gasteiger partial charge is 0.225 e. The molecule has 0 radical (unpaired) electrons. The normalized spacial score (nSPS) is 21.4. The van der Waals surface area contributed by atoms with E-state index in [1.165, 1.54) is 31.4 Å². The third kappa shape index (κ3) is 6.66. The fourth-order valence-corrected chi connectivity index (χ4v) is 4.63. The number of guanidine groups is 1. The predicted molar refractivity (Wildman–Crippen MR) is 124 cm³/mol. The number of rotatable bonds is 7. The Morgan fingerprint density at radius 1 is 1.19 bits per heavy atom. The Morgan fingerprint density at radius 2 is 1.90 bits per heavy atom. The standard InChI is InChI=1S/C24H38FN5O/c1-4-26-24(27-16-22(29(2)3)18-10-12-20(25)13-11-18)28-21-14-15-30(17-21)23(31)19-8-6-5-7-9-19/h10-13,19,21-22H,4-9,14-17H2,1-3H3,(H2,26,27,28). The Labute approximate surface area is 186 Å². The SMILES string of the molecule is CCNC(=NCC(c1ccc(F)cc1)N(C)C)NC1CCN(C(=O)C2CCCCC2)C1. The molecule has 0 bridgehead atoms. The Kier molecular flexibility index (Phi) is 8.69. The van der Waals surface area contributed by atoms with Gasteiger partial charge in [0.1, 0.15) is 5.82 Å². The lowest BCUT2D eigenvalue weighted by molar-refractivity contribution is -0.135. The molecule has 172 valence electrons. The molecule has 1 aromatic carbocycles. The third-order valence-corrected chi connectivity index (χ3v) is 6.44. The number of halogens is 1. The van der Waals surface area contributed by atoms with Crippen molar-refractivity contribution in [1.82, 2.24) is 20.4 Å². The van der Waals surface area contributed by atoms with Gasteiger partial charge in [0.2, 0.25) is 5.91 Å². The summed E-state index contributed by atoms with van der Waals surface area (Å²) in [4.78, 5) is 21.8. The Morgan fingerprint density at radius 3 is 2.55 bits per heavy atom. The van der Waals surface area contributed by atoms with Crippen molar-refractivity contribution in [2.75, 3.05) is 40.3 Å². The van der Waals surface area contributed by atoms with Crippen LogP contribution in [0.3, 0.4) is 0 Å². The number of likely N-dealkylation sites (N-methyl/N-ethyl adjacent to an activating group) is 1. The minimum atomic E-state index is -0.228. The number of likely N-dealkylation sites (tertiary alicyclic amines) is 1. The predicted octanol–water partition coefficient (Wildman–Crippen LogP) is 3.16. The van der Waals surface area contributed by atoms with E-state index < -0.39 is 0 Å². The van der Waals surface area contributed by atoms with E-state index >= 15 is 0 Å². The molecule has 7 heteroatoms. The van der Waals surface area contributed by atoms with Gasteiger partial charge in [0.25, 0.3) is 0 Å². The van der Waals surface area contributed by atoms with Crippen LogP contribution in [-0.2, 0) is 4.79 Å². The summed E-state index contributed by atoms with van der Waals surface area (Å²) in [5, 5.41) is 6.85. The van der Waals surface area contributed by atoms with Gasteiger partial charge >= 0.3 is 0 Å². The van der Waals surface area contributed by atoms with Crippen LogP contribution in [0.15, 0.2) is 29.3 Å².